The Kier molecular flexibility index (Phi) is 39.4. The number of hydrogen-bond donors (Lipinski definition) is 2. The predicted octanol–water partition coefficient (Wildman–Crippen LogP) is 12.2. The van der Waals surface area contributed by atoms with Crippen LogP contribution in [0.4, 0.5) is 0 Å². The minimum atomic E-state index is -4.42. The van der Waals surface area contributed by atoms with E-state index in [-0.39, 0.29) is 32.6 Å². The number of nitrogens with two attached hydrogens (primary N) is 1. The average molecular weight is 812 g/mol. The summed E-state index contributed by atoms with van der Waals surface area (Å²) >= 11 is 0. The first-order valence-electron chi connectivity index (χ1n) is 21.0. The molecule has 0 spiro atoms. The Balaban J connectivity index is 4.43. The van der Waals surface area contributed by atoms with Crippen molar-refractivity contribution in [1.82, 2.24) is 0 Å². The minimum absolute atomic E-state index is 0.0274. The summed E-state index contributed by atoms with van der Waals surface area (Å²) in [6, 6.07) is 0. The van der Waals surface area contributed by atoms with Crippen LogP contribution in [0.25, 0.3) is 0 Å². The van der Waals surface area contributed by atoms with Gasteiger partial charge in [0, 0.05) is 19.4 Å². The Morgan fingerprint density at radius 3 is 1.44 bits per heavy atom. The monoisotopic (exact) mass is 812 g/mol. The van der Waals surface area contributed by atoms with Crippen LogP contribution in [0.3, 0.4) is 0 Å². The maximum atomic E-state index is 12.5. The van der Waals surface area contributed by atoms with Gasteiger partial charge in [-0.05, 0) is 89.9 Å². The quantitative estimate of drug-likeness (QED) is 0.0272. The molecule has 0 rings (SSSR count). The molecule has 0 aromatic carbocycles. The molecule has 2 atom stereocenters. The lowest BCUT2D eigenvalue weighted by Crippen LogP contribution is -2.29. The molecular formula is C47H74NO8P. The molecule has 0 heterocycles. The zero-order valence-corrected chi connectivity index (χ0v) is 35.9. The van der Waals surface area contributed by atoms with E-state index in [0.717, 1.165) is 70.6 Å². The number of unbranched alkanes of at least 4 members (excludes halogenated alkanes) is 4. The summed E-state index contributed by atoms with van der Waals surface area (Å²) in [6.45, 7) is 3.40. The number of phosphoric acid groups is 1. The van der Waals surface area contributed by atoms with Crippen molar-refractivity contribution in [2.45, 2.75) is 136 Å². The molecule has 0 bridgehead atoms. The van der Waals surface area contributed by atoms with Crippen LogP contribution in [0.5, 0.6) is 0 Å². The molecular weight excluding hydrogens is 737 g/mol. The number of phosphoric ester groups is 1. The second kappa shape index (κ2) is 42.0. The molecule has 0 aromatic heterocycles. The fourth-order valence-corrected chi connectivity index (χ4v) is 5.53. The van der Waals surface area contributed by atoms with Gasteiger partial charge in [0.05, 0.1) is 13.2 Å². The molecule has 0 aliphatic carbocycles. The highest BCUT2D eigenvalue weighted by Crippen LogP contribution is 2.43. The second-order valence-corrected chi connectivity index (χ2v) is 14.6. The van der Waals surface area contributed by atoms with Crippen molar-refractivity contribution in [3.8, 4) is 0 Å². The highest BCUT2D eigenvalue weighted by molar-refractivity contribution is 7.47. The van der Waals surface area contributed by atoms with E-state index in [0.29, 0.717) is 12.8 Å². The Morgan fingerprint density at radius 1 is 0.544 bits per heavy atom. The van der Waals surface area contributed by atoms with Gasteiger partial charge in [-0.25, -0.2) is 4.57 Å². The van der Waals surface area contributed by atoms with E-state index in [4.69, 9.17) is 24.3 Å². The van der Waals surface area contributed by atoms with Crippen LogP contribution in [0.2, 0.25) is 0 Å². The fourth-order valence-electron chi connectivity index (χ4n) is 4.77. The van der Waals surface area contributed by atoms with Crippen molar-refractivity contribution in [3.05, 3.63) is 122 Å². The van der Waals surface area contributed by atoms with Crippen LogP contribution >= 0.6 is 7.82 Å². The summed E-state index contributed by atoms with van der Waals surface area (Å²) in [5, 5.41) is 0. The van der Waals surface area contributed by atoms with Crippen molar-refractivity contribution in [1.29, 1.82) is 0 Å². The van der Waals surface area contributed by atoms with E-state index in [2.05, 4.69) is 117 Å². The van der Waals surface area contributed by atoms with Crippen LogP contribution in [0, 0.1) is 0 Å². The molecule has 0 aromatic rings. The zero-order chi connectivity index (χ0) is 41.8. The smallest absolute Gasteiger partial charge is 0.462 e. The lowest BCUT2D eigenvalue weighted by Gasteiger charge is -2.19. The Hall–Kier alpha value is -3.59. The minimum Gasteiger partial charge on any atom is -0.462 e. The fraction of sp³-hybridized carbons (Fsp3) is 0.532. The van der Waals surface area contributed by atoms with E-state index in [1.165, 1.54) is 19.3 Å². The summed E-state index contributed by atoms with van der Waals surface area (Å²) in [5.74, 6) is -1.01. The molecule has 0 radical (unpaired) electrons. The second-order valence-electron chi connectivity index (χ2n) is 13.1. The topological polar surface area (TPSA) is 134 Å². The third-order valence-corrected chi connectivity index (χ3v) is 8.83. The van der Waals surface area contributed by atoms with Crippen molar-refractivity contribution in [2.24, 2.45) is 5.73 Å². The molecule has 2 unspecified atom stereocenters. The molecule has 0 amide bonds. The standard InChI is InChI=1S/C47H74NO8P/c1-3-5-7-9-11-13-15-17-19-21-22-24-26-28-30-32-34-36-38-40-47(50)56-45(44-55-57(51,52)54-42-41-48)43-53-46(49)39-37-35-33-31-29-27-25-23-20-18-16-14-12-10-8-6-4-2/h5,7,11-14,17-20,22,24-25,27-28,30-31,33-34,36,45H,3-4,6,8-10,15-16,21,23,26,29,32,35,37-44,48H2,1-2H3,(H,51,52)/b7-5-,13-11-,14-12+,19-17-,20-18+,24-22-,27-25+,30-28-,33-31+,36-34-. The predicted molar refractivity (Wildman–Crippen MR) is 237 cm³/mol. The Labute approximate surface area is 345 Å². The summed E-state index contributed by atoms with van der Waals surface area (Å²) in [6.07, 6.45) is 56.8. The van der Waals surface area contributed by atoms with E-state index in [1.807, 2.05) is 18.2 Å². The molecule has 9 nitrogen and oxygen atoms in total. The average Bonchev–Trinajstić information content (AvgIpc) is 3.20. The molecule has 0 aliphatic rings. The third kappa shape index (κ3) is 41.9. The first-order chi connectivity index (χ1) is 27.8. The van der Waals surface area contributed by atoms with Crippen LogP contribution in [-0.4, -0.2) is 49.3 Å². The summed E-state index contributed by atoms with van der Waals surface area (Å²) in [7, 11) is -4.42. The van der Waals surface area contributed by atoms with Gasteiger partial charge in [0.2, 0.25) is 0 Å². The van der Waals surface area contributed by atoms with Gasteiger partial charge in [-0.15, -0.1) is 0 Å². The molecule has 3 N–H and O–H groups in total. The van der Waals surface area contributed by atoms with Crippen LogP contribution in [0.15, 0.2) is 122 Å². The third-order valence-electron chi connectivity index (χ3n) is 7.85. The number of rotatable bonds is 37. The molecule has 320 valence electrons. The number of carbonyl (C=O) groups excluding carboxylic acids is 2. The maximum absolute atomic E-state index is 12.5. The number of allylic oxidation sites excluding steroid dienone is 20. The lowest BCUT2D eigenvalue weighted by atomic mass is 10.2. The molecule has 57 heavy (non-hydrogen) atoms. The van der Waals surface area contributed by atoms with E-state index < -0.39 is 32.5 Å². The van der Waals surface area contributed by atoms with Crippen molar-refractivity contribution < 1.29 is 37.6 Å². The molecule has 0 fully saturated rings. The van der Waals surface area contributed by atoms with Gasteiger partial charge in [0.15, 0.2) is 6.10 Å². The van der Waals surface area contributed by atoms with Gasteiger partial charge in [-0.1, -0.05) is 148 Å². The van der Waals surface area contributed by atoms with E-state index >= 15 is 0 Å². The van der Waals surface area contributed by atoms with Gasteiger partial charge >= 0.3 is 19.8 Å². The highest BCUT2D eigenvalue weighted by Gasteiger charge is 2.25. The zero-order valence-electron chi connectivity index (χ0n) is 35.0. The van der Waals surface area contributed by atoms with E-state index in [9.17, 15) is 19.0 Å². The Bertz CT molecular complexity index is 1340. The van der Waals surface area contributed by atoms with Gasteiger partial charge in [0.25, 0.3) is 0 Å². The van der Waals surface area contributed by atoms with Crippen molar-refractivity contribution in [2.75, 3.05) is 26.4 Å². The molecule has 0 saturated heterocycles. The molecule has 0 saturated carbocycles. The van der Waals surface area contributed by atoms with Gasteiger partial charge in [0.1, 0.15) is 6.61 Å². The van der Waals surface area contributed by atoms with Crippen molar-refractivity contribution >= 4 is 19.8 Å². The van der Waals surface area contributed by atoms with Gasteiger partial charge < -0.3 is 20.1 Å². The van der Waals surface area contributed by atoms with Crippen LogP contribution in [0.1, 0.15) is 129 Å². The highest BCUT2D eigenvalue weighted by atomic mass is 31.2. The summed E-state index contributed by atoms with van der Waals surface area (Å²) in [4.78, 5) is 34.8. The van der Waals surface area contributed by atoms with Gasteiger partial charge in [-0.3, -0.25) is 18.6 Å². The SMILES string of the molecule is CC/C=C\C/C=C\C/C=C\C/C=C\C/C=C\C/C=C\CCC(=O)OC(COC(=O)CCC/C=C/C/C=C/C/C=C/C/C=C/CCCCC)COP(=O)(O)OCCN. The molecule has 10 heteroatoms. The largest absolute Gasteiger partial charge is 0.472 e. The van der Waals surface area contributed by atoms with Crippen molar-refractivity contribution in [3.63, 3.8) is 0 Å². The summed E-state index contributed by atoms with van der Waals surface area (Å²) in [5.41, 5.74) is 5.33. The van der Waals surface area contributed by atoms with E-state index in [1.54, 1.807) is 0 Å². The van der Waals surface area contributed by atoms with Crippen LogP contribution in [-0.2, 0) is 32.7 Å². The number of hydrogen-bond acceptors (Lipinski definition) is 8. The molecule has 0 aliphatic heterocycles. The first kappa shape index (κ1) is 53.4. The number of ether oxygens (including phenoxy) is 2. The van der Waals surface area contributed by atoms with Crippen LogP contribution < -0.4 is 5.73 Å². The normalized spacial score (nSPS) is 14.5. The van der Waals surface area contributed by atoms with Gasteiger partial charge in [-0.2, -0.15) is 0 Å². The lowest BCUT2D eigenvalue weighted by molar-refractivity contribution is -0.161. The Morgan fingerprint density at radius 2 is 0.982 bits per heavy atom. The summed E-state index contributed by atoms with van der Waals surface area (Å²) < 4.78 is 32.6. The number of esters is 2. The first-order valence-corrected chi connectivity index (χ1v) is 22.5. The number of carbonyl (C=O) groups is 2. The maximum Gasteiger partial charge on any atom is 0.472 e.